The fourth-order valence-electron chi connectivity index (χ4n) is 2.81. The fourth-order valence-corrected chi connectivity index (χ4v) is 2.81. The van der Waals surface area contributed by atoms with Crippen LogP contribution in [0.3, 0.4) is 0 Å². The number of hydrogen-bond donors (Lipinski definition) is 2. The summed E-state index contributed by atoms with van der Waals surface area (Å²) in [5, 5.41) is 2.84. The average molecular weight is 329 g/mol. The van der Waals surface area contributed by atoms with E-state index in [1.54, 1.807) is 22.8 Å². The van der Waals surface area contributed by atoms with Crippen molar-refractivity contribution >= 4 is 22.6 Å². The van der Waals surface area contributed by atoms with Crippen LogP contribution in [0, 0.1) is 0 Å². The van der Waals surface area contributed by atoms with E-state index in [-0.39, 0.29) is 11.6 Å². The number of aromatic nitrogens is 2. The van der Waals surface area contributed by atoms with Crippen molar-refractivity contribution < 1.29 is 4.79 Å². The number of nitrogens with one attached hydrogen (secondary N) is 2. The van der Waals surface area contributed by atoms with Gasteiger partial charge in [0.05, 0.1) is 16.7 Å². The number of imidazole rings is 1. The number of nitrogens with zero attached hydrogens (tertiary/aromatic N) is 1. The van der Waals surface area contributed by atoms with Gasteiger partial charge in [0.15, 0.2) is 0 Å². The number of carbonyl (C=O) groups is 1. The highest BCUT2D eigenvalue weighted by molar-refractivity contribution is 6.06. The summed E-state index contributed by atoms with van der Waals surface area (Å²) in [5.74, 6) is -0.221. The van der Waals surface area contributed by atoms with E-state index >= 15 is 0 Å². The van der Waals surface area contributed by atoms with Crippen molar-refractivity contribution in [1.29, 1.82) is 0 Å². The molecule has 122 valence electrons. The minimum Gasteiger partial charge on any atom is -0.322 e. The first-order valence-electron chi connectivity index (χ1n) is 7.89. The molecular formula is C20H15N3O2. The topological polar surface area (TPSA) is 66.9 Å². The first-order valence-corrected chi connectivity index (χ1v) is 7.89. The Morgan fingerprint density at radius 3 is 2.28 bits per heavy atom. The third-order valence-electron chi connectivity index (χ3n) is 3.99. The Balaban J connectivity index is 1.72. The number of anilines is 1. The van der Waals surface area contributed by atoms with Crippen molar-refractivity contribution in [2.24, 2.45) is 0 Å². The molecule has 4 rings (SSSR count). The second-order valence-corrected chi connectivity index (χ2v) is 5.65. The number of amides is 1. The Hall–Kier alpha value is -3.60. The molecule has 0 aliphatic heterocycles. The van der Waals surface area contributed by atoms with E-state index in [4.69, 9.17) is 0 Å². The highest BCUT2D eigenvalue weighted by Gasteiger charge is 2.12. The molecular weight excluding hydrogens is 314 g/mol. The van der Waals surface area contributed by atoms with Crippen molar-refractivity contribution in [2.75, 3.05) is 5.32 Å². The zero-order valence-corrected chi connectivity index (χ0v) is 13.3. The fraction of sp³-hybridized carbons (Fsp3) is 0. The van der Waals surface area contributed by atoms with Crippen molar-refractivity contribution in [2.45, 2.75) is 0 Å². The lowest BCUT2D eigenvalue weighted by atomic mass is 10.1. The molecule has 0 saturated carbocycles. The van der Waals surface area contributed by atoms with Crippen LogP contribution in [0.4, 0.5) is 5.69 Å². The molecule has 0 fully saturated rings. The summed E-state index contributed by atoms with van der Waals surface area (Å²) in [6.45, 7) is 0. The molecule has 0 saturated heterocycles. The summed E-state index contributed by atoms with van der Waals surface area (Å²) in [6, 6.07) is 23.8. The van der Waals surface area contributed by atoms with Gasteiger partial charge >= 0.3 is 5.69 Å². The van der Waals surface area contributed by atoms with Gasteiger partial charge in [0, 0.05) is 11.3 Å². The lowest BCUT2D eigenvalue weighted by Crippen LogP contribution is -2.14. The van der Waals surface area contributed by atoms with Gasteiger partial charge in [-0.3, -0.25) is 9.36 Å². The molecule has 3 aromatic carbocycles. The minimum absolute atomic E-state index is 0.221. The maximum Gasteiger partial charge on any atom is 0.331 e. The summed E-state index contributed by atoms with van der Waals surface area (Å²) < 4.78 is 1.59. The molecule has 4 aromatic rings. The predicted molar refractivity (Wildman–Crippen MR) is 98.3 cm³/mol. The van der Waals surface area contributed by atoms with E-state index in [0.717, 1.165) is 16.9 Å². The van der Waals surface area contributed by atoms with Crippen molar-refractivity contribution in [3.63, 3.8) is 0 Å². The van der Waals surface area contributed by atoms with Crippen LogP contribution in [0.2, 0.25) is 0 Å². The van der Waals surface area contributed by atoms with Gasteiger partial charge in [-0.15, -0.1) is 0 Å². The van der Waals surface area contributed by atoms with Crippen LogP contribution in [-0.4, -0.2) is 15.5 Å². The zero-order chi connectivity index (χ0) is 17.2. The first kappa shape index (κ1) is 15.0. The standard InChI is InChI=1S/C20H15N3O2/c24-19(21-15-7-3-1-4-8-15)14-11-12-18-17(13-14)22-20(25)23(18)16-9-5-2-6-10-16/h1-13H,(H,21,24)(H,22,25). The van der Waals surface area contributed by atoms with Gasteiger partial charge in [-0.1, -0.05) is 36.4 Å². The molecule has 0 radical (unpaired) electrons. The Morgan fingerprint density at radius 2 is 1.56 bits per heavy atom. The van der Waals surface area contributed by atoms with Crippen LogP contribution in [0.1, 0.15) is 10.4 Å². The van der Waals surface area contributed by atoms with Gasteiger partial charge in [0.1, 0.15) is 0 Å². The number of aromatic amines is 1. The summed E-state index contributed by atoms with van der Waals surface area (Å²) in [5.41, 5.74) is 3.10. The van der Waals surface area contributed by atoms with Crippen molar-refractivity contribution in [3.8, 4) is 5.69 Å². The van der Waals surface area contributed by atoms with Crippen LogP contribution >= 0.6 is 0 Å². The third kappa shape index (κ3) is 2.83. The molecule has 0 unspecified atom stereocenters. The lowest BCUT2D eigenvalue weighted by molar-refractivity contribution is 0.102. The number of carbonyl (C=O) groups excluding carboxylic acids is 1. The Labute approximate surface area is 143 Å². The summed E-state index contributed by atoms with van der Waals surface area (Å²) in [7, 11) is 0. The van der Waals surface area contributed by atoms with Crippen LogP contribution in [-0.2, 0) is 0 Å². The third-order valence-corrected chi connectivity index (χ3v) is 3.99. The first-order chi connectivity index (χ1) is 12.2. The number of rotatable bonds is 3. The smallest absolute Gasteiger partial charge is 0.322 e. The van der Waals surface area contributed by atoms with E-state index in [1.807, 2.05) is 60.7 Å². The van der Waals surface area contributed by atoms with Gasteiger partial charge in [-0.2, -0.15) is 0 Å². The number of H-pyrrole nitrogens is 1. The van der Waals surface area contributed by atoms with E-state index in [2.05, 4.69) is 10.3 Å². The lowest BCUT2D eigenvalue weighted by Gasteiger charge is -2.06. The zero-order valence-electron chi connectivity index (χ0n) is 13.3. The monoisotopic (exact) mass is 329 g/mol. The van der Waals surface area contributed by atoms with Gasteiger partial charge in [-0.25, -0.2) is 4.79 Å². The Kier molecular flexibility index (Phi) is 3.67. The molecule has 1 aromatic heterocycles. The highest BCUT2D eigenvalue weighted by Crippen LogP contribution is 2.18. The molecule has 0 atom stereocenters. The second kappa shape index (κ2) is 6.13. The predicted octanol–water partition coefficient (Wildman–Crippen LogP) is 3.57. The van der Waals surface area contributed by atoms with Crippen LogP contribution in [0.5, 0.6) is 0 Å². The number of hydrogen-bond acceptors (Lipinski definition) is 2. The summed E-state index contributed by atoms with van der Waals surface area (Å²) >= 11 is 0. The van der Waals surface area contributed by atoms with Crippen LogP contribution in [0.25, 0.3) is 16.7 Å². The Morgan fingerprint density at radius 1 is 0.880 bits per heavy atom. The number of para-hydroxylation sites is 2. The van der Waals surface area contributed by atoms with Crippen molar-refractivity contribution in [3.05, 3.63) is 94.9 Å². The van der Waals surface area contributed by atoms with Crippen molar-refractivity contribution in [1.82, 2.24) is 9.55 Å². The Bertz CT molecular complexity index is 1100. The molecule has 1 heterocycles. The summed E-state index contributed by atoms with van der Waals surface area (Å²) in [6.07, 6.45) is 0. The van der Waals surface area contributed by atoms with E-state index < -0.39 is 0 Å². The molecule has 2 N–H and O–H groups in total. The second-order valence-electron chi connectivity index (χ2n) is 5.65. The molecule has 0 spiro atoms. The van der Waals surface area contributed by atoms with E-state index in [9.17, 15) is 9.59 Å². The highest BCUT2D eigenvalue weighted by atomic mass is 16.2. The number of fused-ring (bicyclic) bond motifs is 1. The molecule has 0 aliphatic rings. The average Bonchev–Trinajstić information content (AvgIpc) is 2.98. The molecule has 5 nitrogen and oxygen atoms in total. The van der Waals surface area contributed by atoms with E-state index in [0.29, 0.717) is 11.1 Å². The SMILES string of the molecule is O=C(Nc1ccccc1)c1ccc2c(c1)[nH]c(=O)n2-c1ccccc1. The minimum atomic E-state index is -0.234. The van der Waals surface area contributed by atoms with E-state index in [1.165, 1.54) is 0 Å². The quantitative estimate of drug-likeness (QED) is 0.603. The normalized spacial score (nSPS) is 10.7. The maximum atomic E-state index is 12.4. The molecule has 25 heavy (non-hydrogen) atoms. The maximum absolute atomic E-state index is 12.4. The van der Waals surface area contributed by atoms with Gasteiger partial charge in [0.2, 0.25) is 0 Å². The molecule has 0 aliphatic carbocycles. The molecule has 5 heteroatoms. The van der Waals surface area contributed by atoms with Gasteiger partial charge in [-0.05, 0) is 42.5 Å². The largest absolute Gasteiger partial charge is 0.331 e. The molecule has 1 amide bonds. The molecule has 0 bridgehead atoms. The summed E-state index contributed by atoms with van der Waals surface area (Å²) in [4.78, 5) is 27.5. The van der Waals surface area contributed by atoms with Gasteiger partial charge in [0.25, 0.3) is 5.91 Å². The van der Waals surface area contributed by atoms with Crippen LogP contribution < -0.4 is 11.0 Å². The van der Waals surface area contributed by atoms with Gasteiger partial charge < -0.3 is 10.3 Å². The number of benzene rings is 3. The van der Waals surface area contributed by atoms with Crippen LogP contribution in [0.15, 0.2) is 83.7 Å².